The van der Waals surface area contributed by atoms with Gasteiger partial charge in [0.05, 0.1) is 17.4 Å². The van der Waals surface area contributed by atoms with Crippen LogP contribution >= 0.6 is 11.3 Å². The molecule has 4 atom stereocenters. The van der Waals surface area contributed by atoms with E-state index in [9.17, 15) is 19.6 Å². The van der Waals surface area contributed by atoms with E-state index in [1.165, 1.54) is 16.2 Å². The van der Waals surface area contributed by atoms with Crippen molar-refractivity contribution in [2.45, 2.75) is 50.1 Å². The third-order valence-corrected chi connectivity index (χ3v) is 9.64. The van der Waals surface area contributed by atoms with E-state index in [2.05, 4.69) is 16.3 Å². The highest BCUT2D eigenvalue weighted by Crippen LogP contribution is 2.61. The molecule has 0 bridgehead atoms. The van der Waals surface area contributed by atoms with Crippen molar-refractivity contribution in [2.75, 3.05) is 16.8 Å². The highest BCUT2D eigenvalue weighted by Gasteiger charge is 2.74. The van der Waals surface area contributed by atoms with Crippen molar-refractivity contribution in [2.24, 2.45) is 11.8 Å². The summed E-state index contributed by atoms with van der Waals surface area (Å²) in [6.45, 7) is 0.691. The van der Waals surface area contributed by atoms with E-state index in [0.29, 0.717) is 17.1 Å². The van der Waals surface area contributed by atoms with Crippen LogP contribution in [0.3, 0.4) is 0 Å². The number of carbonyl (C=O) groups excluding carboxylic acids is 3. The first kappa shape index (κ1) is 19.4. The van der Waals surface area contributed by atoms with Crippen molar-refractivity contribution >= 4 is 39.7 Å². The van der Waals surface area contributed by atoms with Crippen molar-refractivity contribution in [3.8, 4) is 6.07 Å². The molecule has 7 rings (SSSR count). The number of amides is 3. The molecule has 0 saturated carbocycles. The molecule has 3 fully saturated rings. The number of nitrogens with one attached hydrogen (secondary N) is 1. The van der Waals surface area contributed by atoms with Gasteiger partial charge in [-0.15, -0.1) is 11.3 Å². The minimum atomic E-state index is -1.16. The number of hydrogen-bond donors (Lipinski definition) is 1. The number of anilines is 2. The predicted molar refractivity (Wildman–Crippen MR) is 122 cm³/mol. The molecule has 1 aliphatic carbocycles. The van der Waals surface area contributed by atoms with E-state index >= 15 is 0 Å². The lowest BCUT2D eigenvalue weighted by molar-refractivity contribution is -0.135. The Morgan fingerprint density at radius 2 is 1.91 bits per heavy atom. The van der Waals surface area contributed by atoms with Crippen molar-refractivity contribution < 1.29 is 14.4 Å². The SMILES string of the molecule is N#Cc1c(N2C(=O)[C@@H]3[C@@H]4CCCN4[C@@]4(C(=O)Nc5ccccc54)[C@H]3C2=O)sc2c1CCCC2. The van der Waals surface area contributed by atoms with Crippen LogP contribution in [-0.4, -0.2) is 35.2 Å². The van der Waals surface area contributed by atoms with Crippen molar-refractivity contribution in [1.82, 2.24) is 4.90 Å². The summed E-state index contributed by atoms with van der Waals surface area (Å²) in [7, 11) is 0. The Balaban J connectivity index is 1.42. The lowest BCUT2D eigenvalue weighted by Crippen LogP contribution is -2.54. The largest absolute Gasteiger partial charge is 0.324 e. The second-order valence-corrected chi connectivity index (χ2v) is 10.8. The standard InChI is InChI=1S/C25H22N4O3S/c26-12-14-13-6-1-4-10-18(13)33-23(14)29-21(30)19-17-9-5-11-28(17)25(20(19)22(29)31)15-7-2-3-8-16(15)27-24(25)32/h2-3,7-8,17,19-20H,1,4-6,9-11H2,(H,27,32)/t17-,19+,20+,25+/m0/s1. The van der Waals surface area contributed by atoms with Crippen LogP contribution in [0.1, 0.15) is 47.3 Å². The fourth-order valence-corrected chi connectivity index (χ4v) is 8.53. The summed E-state index contributed by atoms with van der Waals surface area (Å²) in [6, 6.07) is 9.68. The lowest BCUT2D eigenvalue weighted by atomic mass is 9.75. The normalized spacial score (nSPS) is 32.0. The average molecular weight is 459 g/mol. The number of thiophene rings is 1. The topological polar surface area (TPSA) is 93.5 Å². The number of para-hydroxylation sites is 1. The quantitative estimate of drug-likeness (QED) is 0.664. The van der Waals surface area contributed by atoms with Crippen LogP contribution in [0.2, 0.25) is 0 Å². The third kappa shape index (κ3) is 2.15. The maximum atomic E-state index is 14.1. The molecule has 0 radical (unpaired) electrons. The third-order valence-electron chi connectivity index (χ3n) is 8.37. The smallest absolute Gasteiger partial charge is 0.250 e. The first-order chi connectivity index (χ1) is 16.1. The Morgan fingerprint density at radius 1 is 1.09 bits per heavy atom. The van der Waals surface area contributed by atoms with E-state index < -0.39 is 17.4 Å². The van der Waals surface area contributed by atoms with Gasteiger partial charge in [0.25, 0.3) is 0 Å². The van der Waals surface area contributed by atoms with Gasteiger partial charge in [-0.05, 0) is 56.7 Å². The molecular formula is C25H22N4O3S. The number of imide groups is 1. The predicted octanol–water partition coefficient (Wildman–Crippen LogP) is 2.93. The summed E-state index contributed by atoms with van der Waals surface area (Å²) in [6.07, 6.45) is 5.45. The van der Waals surface area contributed by atoms with Crippen LogP contribution in [-0.2, 0) is 32.8 Å². The number of nitriles is 1. The molecule has 1 spiro atoms. The zero-order valence-corrected chi connectivity index (χ0v) is 18.8. The maximum Gasteiger partial charge on any atom is 0.250 e. The van der Waals surface area contributed by atoms with Gasteiger partial charge in [0.2, 0.25) is 17.7 Å². The van der Waals surface area contributed by atoms with Gasteiger partial charge >= 0.3 is 0 Å². The van der Waals surface area contributed by atoms with Gasteiger partial charge in [0.1, 0.15) is 16.6 Å². The zero-order valence-electron chi connectivity index (χ0n) is 18.0. The van der Waals surface area contributed by atoms with Crippen LogP contribution in [0.5, 0.6) is 0 Å². The van der Waals surface area contributed by atoms with Crippen molar-refractivity contribution in [3.63, 3.8) is 0 Å². The summed E-state index contributed by atoms with van der Waals surface area (Å²) in [5.41, 5.74) is 1.83. The molecule has 3 saturated heterocycles. The Labute approximate surface area is 195 Å². The molecule has 5 heterocycles. The van der Waals surface area contributed by atoms with Gasteiger partial charge in [-0.3, -0.25) is 19.3 Å². The average Bonchev–Trinajstić information content (AvgIpc) is 3.58. The minimum absolute atomic E-state index is 0.145. The van der Waals surface area contributed by atoms with Crippen LogP contribution in [0.4, 0.5) is 10.7 Å². The van der Waals surface area contributed by atoms with E-state index in [1.54, 1.807) is 0 Å². The highest BCUT2D eigenvalue weighted by atomic mass is 32.1. The Morgan fingerprint density at radius 3 is 2.76 bits per heavy atom. The monoisotopic (exact) mass is 458 g/mol. The van der Waals surface area contributed by atoms with Gasteiger partial charge < -0.3 is 5.32 Å². The Kier molecular flexibility index (Phi) is 3.84. The molecule has 0 unspecified atom stereocenters. The molecule has 33 heavy (non-hydrogen) atoms. The fraction of sp³-hybridized carbons (Fsp3) is 0.440. The summed E-state index contributed by atoms with van der Waals surface area (Å²) in [5, 5.41) is 13.4. The van der Waals surface area contributed by atoms with Crippen molar-refractivity contribution in [3.05, 3.63) is 45.8 Å². The summed E-state index contributed by atoms with van der Waals surface area (Å²) in [4.78, 5) is 46.2. The first-order valence-corrected chi connectivity index (χ1v) is 12.5. The zero-order chi connectivity index (χ0) is 22.5. The molecule has 1 aromatic carbocycles. The van der Waals surface area contributed by atoms with Gasteiger partial charge in [0.15, 0.2) is 0 Å². The minimum Gasteiger partial charge on any atom is -0.324 e. The maximum absolute atomic E-state index is 14.1. The molecule has 1 N–H and O–H groups in total. The van der Waals surface area contributed by atoms with Crippen LogP contribution in [0.25, 0.3) is 0 Å². The van der Waals surface area contributed by atoms with Crippen LogP contribution < -0.4 is 10.2 Å². The molecule has 8 heteroatoms. The summed E-state index contributed by atoms with van der Waals surface area (Å²) >= 11 is 1.42. The molecule has 4 aliphatic heterocycles. The molecule has 1 aromatic heterocycles. The summed E-state index contributed by atoms with van der Waals surface area (Å²) in [5.74, 6) is -2.13. The molecule has 7 nitrogen and oxygen atoms in total. The van der Waals surface area contributed by atoms with E-state index in [4.69, 9.17) is 0 Å². The number of fused-ring (bicyclic) bond motifs is 8. The summed E-state index contributed by atoms with van der Waals surface area (Å²) < 4.78 is 0. The van der Waals surface area contributed by atoms with E-state index in [-0.39, 0.29) is 23.8 Å². The lowest BCUT2D eigenvalue weighted by Gasteiger charge is -2.36. The number of benzene rings is 1. The van der Waals surface area contributed by atoms with Gasteiger partial charge in [-0.25, -0.2) is 4.90 Å². The number of carbonyl (C=O) groups is 3. The second kappa shape index (κ2) is 6.52. The van der Waals surface area contributed by atoms with Crippen LogP contribution in [0.15, 0.2) is 24.3 Å². The van der Waals surface area contributed by atoms with Crippen molar-refractivity contribution in [1.29, 1.82) is 5.26 Å². The molecule has 2 aromatic rings. The number of nitrogens with zero attached hydrogens (tertiary/aromatic N) is 3. The van der Waals surface area contributed by atoms with E-state index in [1.807, 2.05) is 24.3 Å². The second-order valence-electron chi connectivity index (χ2n) is 9.69. The molecule has 5 aliphatic rings. The molecule has 166 valence electrons. The fourth-order valence-electron chi connectivity index (χ4n) is 7.18. The van der Waals surface area contributed by atoms with Gasteiger partial charge in [0, 0.05) is 22.2 Å². The number of hydrogen-bond acceptors (Lipinski definition) is 6. The van der Waals surface area contributed by atoms with Gasteiger partial charge in [-0.2, -0.15) is 5.26 Å². The molecular weight excluding hydrogens is 436 g/mol. The first-order valence-electron chi connectivity index (χ1n) is 11.7. The highest BCUT2D eigenvalue weighted by molar-refractivity contribution is 7.17. The number of aryl methyl sites for hydroxylation is 1. The Hall–Kier alpha value is -3.02. The van der Waals surface area contributed by atoms with Crippen LogP contribution in [0, 0.1) is 23.2 Å². The van der Waals surface area contributed by atoms with Gasteiger partial charge in [-0.1, -0.05) is 18.2 Å². The molecule has 3 amide bonds. The van der Waals surface area contributed by atoms with E-state index in [0.717, 1.165) is 60.2 Å². The Bertz CT molecular complexity index is 1310. The number of rotatable bonds is 1.